The summed E-state index contributed by atoms with van der Waals surface area (Å²) in [4.78, 5) is 26.0. The van der Waals surface area contributed by atoms with Gasteiger partial charge in [-0.05, 0) is 49.2 Å². The number of hydrogen-bond acceptors (Lipinski definition) is 5. The molecular formula is C21H22N2O5. The fraction of sp³-hybridized carbons (Fsp3) is 0.333. The number of nitrogens with zero attached hydrogens (tertiary/aromatic N) is 1. The molecule has 2 amide bonds. The highest BCUT2D eigenvalue weighted by Crippen LogP contribution is 2.28. The first-order valence-electron chi connectivity index (χ1n) is 9.40. The molecule has 2 aromatic carbocycles. The van der Waals surface area contributed by atoms with Crippen LogP contribution in [0.1, 0.15) is 23.2 Å². The van der Waals surface area contributed by atoms with Gasteiger partial charge in [-0.1, -0.05) is 12.1 Å². The number of ether oxygens (including phenoxy) is 3. The van der Waals surface area contributed by atoms with E-state index in [1.54, 1.807) is 36.4 Å². The predicted molar refractivity (Wildman–Crippen MR) is 104 cm³/mol. The summed E-state index contributed by atoms with van der Waals surface area (Å²) in [7, 11) is 0. The third-order valence-corrected chi connectivity index (χ3v) is 4.78. The Kier molecular flexibility index (Phi) is 5.43. The van der Waals surface area contributed by atoms with Crippen LogP contribution in [-0.4, -0.2) is 44.5 Å². The Morgan fingerprint density at radius 1 is 1.14 bits per heavy atom. The van der Waals surface area contributed by atoms with Crippen LogP contribution in [0.5, 0.6) is 5.75 Å². The van der Waals surface area contributed by atoms with E-state index in [0.717, 1.165) is 19.4 Å². The average Bonchev–Trinajstić information content (AvgIpc) is 3.39. The van der Waals surface area contributed by atoms with E-state index in [1.165, 1.54) is 4.90 Å². The summed E-state index contributed by atoms with van der Waals surface area (Å²) in [5.74, 6) is 0.443. The number of hydrogen-bond donors (Lipinski definition) is 1. The smallest absolute Gasteiger partial charge is 0.414 e. The van der Waals surface area contributed by atoms with Crippen molar-refractivity contribution in [2.45, 2.75) is 18.9 Å². The molecule has 0 aliphatic carbocycles. The van der Waals surface area contributed by atoms with E-state index >= 15 is 0 Å². The molecule has 2 fully saturated rings. The van der Waals surface area contributed by atoms with Gasteiger partial charge in [0.05, 0.1) is 24.0 Å². The molecule has 2 aromatic rings. The van der Waals surface area contributed by atoms with Gasteiger partial charge in [0.25, 0.3) is 5.91 Å². The van der Waals surface area contributed by atoms with E-state index in [2.05, 4.69) is 5.32 Å². The summed E-state index contributed by atoms with van der Waals surface area (Å²) < 4.78 is 16.3. The molecule has 1 N–H and O–H groups in total. The normalized spacial score (nSPS) is 18.8. The Labute approximate surface area is 163 Å². The maximum Gasteiger partial charge on any atom is 0.414 e. The molecule has 1 unspecified atom stereocenters. The van der Waals surface area contributed by atoms with Gasteiger partial charge >= 0.3 is 6.09 Å². The Balaban J connectivity index is 1.40. The molecule has 146 valence electrons. The molecule has 0 saturated carbocycles. The minimum atomic E-state index is -0.408. The lowest BCUT2D eigenvalue weighted by molar-refractivity contribution is 0.0679. The van der Waals surface area contributed by atoms with Crippen molar-refractivity contribution < 1.29 is 23.8 Å². The number of anilines is 2. The van der Waals surface area contributed by atoms with Gasteiger partial charge in [0.1, 0.15) is 19.0 Å². The first-order chi connectivity index (χ1) is 13.7. The molecule has 0 spiro atoms. The van der Waals surface area contributed by atoms with Crippen molar-refractivity contribution in [2.75, 3.05) is 36.6 Å². The van der Waals surface area contributed by atoms with Gasteiger partial charge in [0.15, 0.2) is 0 Å². The van der Waals surface area contributed by atoms with Crippen LogP contribution in [0.4, 0.5) is 16.2 Å². The van der Waals surface area contributed by atoms with Crippen LogP contribution in [0.3, 0.4) is 0 Å². The van der Waals surface area contributed by atoms with E-state index in [4.69, 9.17) is 14.2 Å². The first kappa shape index (κ1) is 18.3. The minimum absolute atomic E-state index is 0.150. The van der Waals surface area contributed by atoms with Crippen molar-refractivity contribution in [2.24, 2.45) is 0 Å². The Morgan fingerprint density at radius 3 is 2.68 bits per heavy atom. The fourth-order valence-corrected chi connectivity index (χ4v) is 3.29. The standard InChI is InChI=1S/C21H22N2O5/c24-20(15-7-9-16(10-8-15)28-14-17-4-3-12-26-17)22-18-5-1-2-6-19(18)23-11-13-27-21(23)25/h1-2,5-10,17H,3-4,11-14H2,(H,22,24). The van der Waals surface area contributed by atoms with E-state index in [1.807, 2.05) is 12.1 Å². The van der Waals surface area contributed by atoms with E-state index in [-0.39, 0.29) is 12.0 Å². The maximum atomic E-state index is 12.6. The van der Waals surface area contributed by atoms with Gasteiger partial charge in [0.2, 0.25) is 0 Å². The topological polar surface area (TPSA) is 77.1 Å². The van der Waals surface area contributed by atoms with Crippen LogP contribution < -0.4 is 15.0 Å². The Morgan fingerprint density at radius 2 is 1.96 bits per heavy atom. The van der Waals surface area contributed by atoms with Crippen LogP contribution in [0, 0.1) is 0 Å². The molecule has 2 heterocycles. The molecule has 0 bridgehead atoms. The highest BCUT2D eigenvalue weighted by atomic mass is 16.6. The van der Waals surface area contributed by atoms with E-state index in [0.29, 0.717) is 42.4 Å². The van der Waals surface area contributed by atoms with E-state index < -0.39 is 6.09 Å². The number of carbonyl (C=O) groups is 2. The summed E-state index contributed by atoms with van der Waals surface area (Å²) in [5, 5.41) is 2.87. The van der Waals surface area contributed by atoms with Crippen LogP contribution in [0.25, 0.3) is 0 Å². The average molecular weight is 382 g/mol. The molecule has 2 saturated heterocycles. The molecule has 7 nitrogen and oxygen atoms in total. The lowest BCUT2D eigenvalue weighted by Gasteiger charge is -2.17. The number of rotatable bonds is 6. The molecular weight excluding hydrogens is 360 g/mol. The van der Waals surface area contributed by atoms with Crippen molar-refractivity contribution in [1.29, 1.82) is 0 Å². The summed E-state index contributed by atoms with van der Waals surface area (Å²) in [6, 6.07) is 14.1. The molecule has 28 heavy (non-hydrogen) atoms. The van der Waals surface area contributed by atoms with Crippen molar-refractivity contribution in [3.8, 4) is 5.75 Å². The summed E-state index contributed by atoms with van der Waals surface area (Å²) >= 11 is 0. The van der Waals surface area contributed by atoms with Crippen molar-refractivity contribution >= 4 is 23.4 Å². The monoisotopic (exact) mass is 382 g/mol. The van der Waals surface area contributed by atoms with Gasteiger partial charge in [-0.15, -0.1) is 0 Å². The number of carbonyl (C=O) groups excluding carboxylic acids is 2. The number of amides is 2. The third kappa shape index (κ3) is 4.09. The zero-order valence-electron chi connectivity index (χ0n) is 15.4. The molecule has 0 aromatic heterocycles. The summed E-state index contributed by atoms with van der Waals surface area (Å²) in [6.07, 6.45) is 1.83. The molecule has 2 aliphatic heterocycles. The van der Waals surface area contributed by atoms with E-state index in [9.17, 15) is 9.59 Å². The lowest BCUT2D eigenvalue weighted by Crippen LogP contribution is -2.25. The third-order valence-electron chi connectivity index (χ3n) is 4.78. The predicted octanol–water partition coefficient (Wildman–Crippen LogP) is 3.45. The van der Waals surface area contributed by atoms with Crippen LogP contribution in [0.15, 0.2) is 48.5 Å². The molecule has 2 aliphatic rings. The largest absolute Gasteiger partial charge is 0.491 e. The Hall–Kier alpha value is -3.06. The Bertz CT molecular complexity index is 846. The summed E-state index contributed by atoms with van der Waals surface area (Å²) in [6.45, 7) is 2.12. The second kappa shape index (κ2) is 8.31. The SMILES string of the molecule is O=C(Nc1ccccc1N1CCOC1=O)c1ccc(OCC2CCCO2)cc1. The van der Waals surface area contributed by atoms with Gasteiger partial charge < -0.3 is 19.5 Å². The van der Waals surface area contributed by atoms with Gasteiger partial charge in [-0.2, -0.15) is 0 Å². The fourth-order valence-electron chi connectivity index (χ4n) is 3.29. The maximum absolute atomic E-state index is 12.6. The minimum Gasteiger partial charge on any atom is -0.491 e. The number of cyclic esters (lactones) is 1. The van der Waals surface area contributed by atoms with Crippen molar-refractivity contribution in [1.82, 2.24) is 0 Å². The van der Waals surface area contributed by atoms with Crippen molar-refractivity contribution in [3.05, 3.63) is 54.1 Å². The first-order valence-corrected chi connectivity index (χ1v) is 9.40. The highest BCUT2D eigenvalue weighted by molar-refractivity contribution is 6.07. The second-order valence-electron chi connectivity index (χ2n) is 6.71. The number of nitrogens with one attached hydrogen (secondary N) is 1. The van der Waals surface area contributed by atoms with Crippen LogP contribution >= 0.6 is 0 Å². The zero-order valence-corrected chi connectivity index (χ0v) is 15.4. The van der Waals surface area contributed by atoms with Gasteiger partial charge in [-0.3, -0.25) is 9.69 Å². The van der Waals surface area contributed by atoms with Crippen LogP contribution in [-0.2, 0) is 9.47 Å². The van der Waals surface area contributed by atoms with Crippen molar-refractivity contribution in [3.63, 3.8) is 0 Å². The van der Waals surface area contributed by atoms with Gasteiger partial charge in [0, 0.05) is 12.2 Å². The summed E-state index contributed by atoms with van der Waals surface area (Å²) in [5.41, 5.74) is 1.68. The van der Waals surface area contributed by atoms with Crippen LogP contribution in [0.2, 0.25) is 0 Å². The highest BCUT2D eigenvalue weighted by Gasteiger charge is 2.26. The lowest BCUT2D eigenvalue weighted by atomic mass is 10.2. The zero-order chi connectivity index (χ0) is 19.3. The molecule has 7 heteroatoms. The molecule has 1 atom stereocenters. The van der Waals surface area contributed by atoms with Gasteiger partial charge in [-0.25, -0.2) is 4.79 Å². The quantitative estimate of drug-likeness (QED) is 0.828. The second-order valence-corrected chi connectivity index (χ2v) is 6.71. The molecule has 4 rings (SSSR count). The number of benzene rings is 2. The number of para-hydroxylation sites is 2. The molecule has 0 radical (unpaired) electrons.